The van der Waals surface area contributed by atoms with Gasteiger partial charge in [-0.25, -0.2) is 0 Å². The van der Waals surface area contributed by atoms with Gasteiger partial charge >= 0.3 is 0 Å². The highest BCUT2D eigenvalue weighted by Crippen LogP contribution is 2.27. The second-order valence-electron chi connectivity index (χ2n) is 4.49. The quantitative estimate of drug-likeness (QED) is 0.686. The van der Waals surface area contributed by atoms with Gasteiger partial charge in [0.25, 0.3) is 0 Å². The van der Waals surface area contributed by atoms with Crippen LogP contribution in [0.15, 0.2) is 48.5 Å². The number of rotatable bonds is 2. The maximum Gasteiger partial charge on any atom is 0.00637 e. The molecule has 0 saturated heterocycles. The van der Waals surface area contributed by atoms with Gasteiger partial charge in [-0.05, 0) is 30.5 Å². The fraction of sp³-hybridized carbons (Fsp3) is 0.250. The summed E-state index contributed by atoms with van der Waals surface area (Å²) in [5.41, 5.74) is 5.53. The molecule has 0 heterocycles. The molecule has 0 nitrogen and oxygen atoms in total. The predicted octanol–water partition coefficient (Wildman–Crippen LogP) is 4.46. The highest BCUT2D eigenvalue weighted by Gasteiger charge is 2.10. The van der Waals surface area contributed by atoms with Gasteiger partial charge in [-0.1, -0.05) is 61.0 Å². The molecule has 82 valence electrons. The van der Waals surface area contributed by atoms with Gasteiger partial charge in [0, 0.05) is 5.92 Å². The lowest BCUT2D eigenvalue weighted by atomic mass is 9.89. The minimum absolute atomic E-state index is 0.473. The number of hydrogen-bond acceptors (Lipinski definition) is 0. The number of hydrogen-bond donors (Lipinski definition) is 0. The van der Waals surface area contributed by atoms with Crippen molar-refractivity contribution in [3.63, 3.8) is 0 Å². The maximum atomic E-state index is 2.30. The summed E-state index contributed by atoms with van der Waals surface area (Å²) in [5.74, 6) is 0.473. The Bertz CT molecular complexity index is 469. The number of aryl methyl sites for hydroxylation is 2. The van der Waals surface area contributed by atoms with Crippen LogP contribution >= 0.6 is 0 Å². The van der Waals surface area contributed by atoms with Crippen molar-refractivity contribution in [2.45, 2.75) is 26.7 Å². The maximum absolute atomic E-state index is 2.30. The lowest BCUT2D eigenvalue weighted by Gasteiger charge is -2.15. The topological polar surface area (TPSA) is 0 Å². The van der Waals surface area contributed by atoms with Gasteiger partial charge < -0.3 is 0 Å². The van der Waals surface area contributed by atoms with Crippen LogP contribution < -0.4 is 0 Å². The van der Waals surface area contributed by atoms with E-state index < -0.39 is 0 Å². The Morgan fingerprint density at radius 3 is 2.25 bits per heavy atom. The molecular formula is C16H18. The Hall–Kier alpha value is -1.56. The summed E-state index contributed by atoms with van der Waals surface area (Å²) in [7, 11) is 0. The molecule has 2 aromatic carbocycles. The van der Waals surface area contributed by atoms with Crippen LogP contribution in [-0.4, -0.2) is 0 Å². The molecule has 1 unspecified atom stereocenters. The van der Waals surface area contributed by atoms with E-state index >= 15 is 0 Å². The van der Waals surface area contributed by atoms with Gasteiger partial charge in [0.1, 0.15) is 0 Å². The Morgan fingerprint density at radius 2 is 1.56 bits per heavy atom. The Labute approximate surface area is 97.9 Å². The average Bonchev–Trinajstić information content (AvgIpc) is 2.32. The second kappa shape index (κ2) is 4.52. The Kier molecular flexibility index (Phi) is 3.09. The third-order valence-corrected chi connectivity index (χ3v) is 3.20. The van der Waals surface area contributed by atoms with E-state index in [1.54, 1.807) is 0 Å². The molecule has 1 atom stereocenters. The van der Waals surface area contributed by atoms with Crippen molar-refractivity contribution >= 4 is 0 Å². The molecule has 0 heteroatoms. The van der Waals surface area contributed by atoms with Crippen LogP contribution in [0, 0.1) is 13.8 Å². The molecule has 2 rings (SSSR count). The van der Waals surface area contributed by atoms with Crippen molar-refractivity contribution in [1.29, 1.82) is 0 Å². The van der Waals surface area contributed by atoms with E-state index in [1.807, 2.05) is 0 Å². The van der Waals surface area contributed by atoms with Crippen molar-refractivity contribution in [3.05, 3.63) is 70.8 Å². The molecule has 2 aromatic rings. The van der Waals surface area contributed by atoms with Gasteiger partial charge in [0.15, 0.2) is 0 Å². The molecule has 0 aliphatic heterocycles. The molecular weight excluding hydrogens is 192 g/mol. The third kappa shape index (κ3) is 2.16. The smallest absolute Gasteiger partial charge is 0.00637 e. The van der Waals surface area contributed by atoms with Crippen LogP contribution in [0.2, 0.25) is 0 Å². The summed E-state index contributed by atoms with van der Waals surface area (Å²) in [6.07, 6.45) is 0. The molecule has 0 bridgehead atoms. The summed E-state index contributed by atoms with van der Waals surface area (Å²) in [6, 6.07) is 17.4. The lowest BCUT2D eigenvalue weighted by molar-refractivity contribution is 0.908. The Morgan fingerprint density at radius 1 is 0.875 bits per heavy atom. The highest BCUT2D eigenvalue weighted by atomic mass is 14.1. The fourth-order valence-corrected chi connectivity index (χ4v) is 2.15. The van der Waals surface area contributed by atoms with Crippen molar-refractivity contribution in [2.24, 2.45) is 0 Å². The number of benzene rings is 2. The minimum atomic E-state index is 0.473. The van der Waals surface area contributed by atoms with Crippen LogP contribution in [0.1, 0.15) is 35.1 Å². The molecule has 0 N–H and O–H groups in total. The molecule has 0 radical (unpaired) electrons. The second-order valence-corrected chi connectivity index (χ2v) is 4.49. The zero-order valence-corrected chi connectivity index (χ0v) is 10.2. The first-order valence-corrected chi connectivity index (χ1v) is 5.80. The molecule has 0 amide bonds. The van der Waals surface area contributed by atoms with E-state index in [2.05, 4.69) is 69.3 Å². The summed E-state index contributed by atoms with van der Waals surface area (Å²) >= 11 is 0. The van der Waals surface area contributed by atoms with Gasteiger partial charge in [-0.15, -0.1) is 0 Å². The predicted molar refractivity (Wildman–Crippen MR) is 69.9 cm³/mol. The molecule has 0 aliphatic rings. The van der Waals surface area contributed by atoms with Crippen molar-refractivity contribution in [2.75, 3.05) is 0 Å². The summed E-state index contributed by atoms with van der Waals surface area (Å²) < 4.78 is 0. The van der Waals surface area contributed by atoms with Crippen LogP contribution in [-0.2, 0) is 0 Å². The molecule has 0 aromatic heterocycles. The van der Waals surface area contributed by atoms with Crippen molar-refractivity contribution in [3.8, 4) is 0 Å². The van der Waals surface area contributed by atoms with E-state index in [-0.39, 0.29) is 0 Å². The van der Waals surface area contributed by atoms with Gasteiger partial charge in [0.2, 0.25) is 0 Å². The van der Waals surface area contributed by atoms with Crippen LogP contribution in [0.25, 0.3) is 0 Å². The lowest BCUT2D eigenvalue weighted by Crippen LogP contribution is -1.99. The molecule has 0 spiro atoms. The average molecular weight is 210 g/mol. The van der Waals surface area contributed by atoms with Crippen LogP contribution in [0.4, 0.5) is 0 Å². The normalized spacial score (nSPS) is 12.4. The first kappa shape index (κ1) is 10.9. The fourth-order valence-electron chi connectivity index (χ4n) is 2.15. The molecule has 0 fully saturated rings. The van der Waals surface area contributed by atoms with Crippen LogP contribution in [0.3, 0.4) is 0 Å². The zero-order valence-electron chi connectivity index (χ0n) is 10.2. The van der Waals surface area contributed by atoms with E-state index in [0.717, 1.165) is 0 Å². The first-order valence-electron chi connectivity index (χ1n) is 5.80. The van der Waals surface area contributed by atoms with E-state index in [9.17, 15) is 0 Å². The van der Waals surface area contributed by atoms with Gasteiger partial charge in [-0.3, -0.25) is 0 Å². The van der Waals surface area contributed by atoms with E-state index in [1.165, 1.54) is 22.3 Å². The van der Waals surface area contributed by atoms with Gasteiger partial charge in [0.05, 0.1) is 0 Å². The van der Waals surface area contributed by atoms with Crippen molar-refractivity contribution < 1.29 is 0 Å². The SMILES string of the molecule is Cc1ccc(C)c(C(C)c2ccccc2)c1. The minimum Gasteiger partial charge on any atom is -0.0622 e. The zero-order chi connectivity index (χ0) is 11.5. The molecule has 0 saturated carbocycles. The van der Waals surface area contributed by atoms with E-state index in [0.29, 0.717) is 5.92 Å². The molecule has 0 aliphatic carbocycles. The Balaban J connectivity index is 2.41. The summed E-state index contributed by atoms with van der Waals surface area (Å²) in [6.45, 7) is 6.62. The van der Waals surface area contributed by atoms with Gasteiger partial charge in [-0.2, -0.15) is 0 Å². The van der Waals surface area contributed by atoms with Crippen molar-refractivity contribution in [1.82, 2.24) is 0 Å². The largest absolute Gasteiger partial charge is 0.0622 e. The summed E-state index contributed by atoms with van der Waals surface area (Å²) in [5, 5.41) is 0. The standard InChI is InChI=1S/C16H18/c1-12-9-10-13(2)16(11-12)14(3)15-7-5-4-6-8-15/h4-11,14H,1-3H3. The van der Waals surface area contributed by atoms with E-state index in [4.69, 9.17) is 0 Å². The third-order valence-electron chi connectivity index (χ3n) is 3.20. The monoisotopic (exact) mass is 210 g/mol. The molecule has 16 heavy (non-hydrogen) atoms. The first-order chi connectivity index (χ1) is 7.68. The summed E-state index contributed by atoms with van der Waals surface area (Å²) in [4.78, 5) is 0. The highest BCUT2D eigenvalue weighted by molar-refractivity contribution is 5.38. The van der Waals surface area contributed by atoms with Crippen LogP contribution in [0.5, 0.6) is 0 Å².